The van der Waals surface area contributed by atoms with E-state index in [-0.39, 0.29) is 0 Å². The summed E-state index contributed by atoms with van der Waals surface area (Å²) in [6, 6.07) is 8.49. The minimum Gasteiger partial charge on any atom is -0.287 e. The topological polar surface area (TPSA) is 73.7 Å². The molecular weight excluding hydrogens is 170 g/mol. The Bertz CT molecular complexity index is 298. The molecule has 0 saturated carbocycles. The third kappa shape index (κ3) is 3.35. The SMILES string of the molecule is O=C(NO)N/N=C\c1ccccc1. The highest BCUT2D eigenvalue weighted by molar-refractivity contribution is 5.81. The Hall–Kier alpha value is -1.88. The first-order valence-corrected chi connectivity index (χ1v) is 3.61. The summed E-state index contributed by atoms with van der Waals surface area (Å²) in [6.45, 7) is 0. The van der Waals surface area contributed by atoms with E-state index in [0.717, 1.165) is 5.56 Å². The van der Waals surface area contributed by atoms with Gasteiger partial charge >= 0.3 is 6.03 Å². The van der Waals surface area contributed by atoms with E-state index in [1.165, 1.54) is 11.7 Å². The summed E-state index contributed by atoms with van der Waals surface area (Å²) in [6.07, 6.45) is 1.47. The van der Waals surface area contributed by atoms with Crippen LogP contribution in [0.5, 0.6) is 0 Å². The van der Waals surface area contributed by atoms with Gasteiger partial charge in [0.1, 0.15) is 0 Å². The molecule has 0 aliphatic carbocycles. The van der Waals surface area contributed by atoms with Gasteiger partial charge in [-0.3, -0.25) is 5.21 Å². The first-order valence-electron chi connectivity index (χ1n) is 3.61. The van der Waals surface area contributed by atoms with Gasteiger partial charge < -0.3 is 0 Å². The number of nitrogens with zero attached hydrogens (tertiary/aromatic N) is 1. The molecule has 0 atom stereocenters. The van der Waals surface area contributed by atoms with Crippen molar-refractivity contribution in [3.8, 4) is 0 Å². The van der Waals surface area contributed by atoms with Gasteiger partial charge in [-0.05, 0) is 5.56 Å². The molecule has 13 heavy (non-hydrogen) atoms. The number of hydrazone groups is 1. The first-order chi connectivity index (χ1) is 6.33. The predicted molar refractivity (Wildman–Crippen MR) is 47.5 cm³/mol. The maximum atomic E-state index is 10.4. The Labute approximate surface area is 75.0 Å². The van der Waals surface area contributed by atoms with Crippen LogP contribution in [0.1, 0.15) is 5.56 Å². The summed E-state index contributed by atoms with van der Waals surface area (Å²) in [4.78, 5) is 10.4. The Morgan fingerprint density at radius 3 is 2.69 bits per heavy atom. The molecule has 0 saturated heterocycles. The lowest BCUT2D eigenvalue weighted by molar-refractivity contribution is 0.162. The fourth-order valence-electron chi connectivity index (χ4n) is 0.730. The third-order valence-corrected chi connectivity index (χ3v) is 1.28. The van der Waals surface area contributed by atoms with Crippen molar-refractivity contribution in [1.29, 1.82) is 0 Å². The molecule has 0 unspecified atom stereocenters. The summed E-state index contributed by atoms with van der Waals surface area (Å²) in [5, 5.41) is 11.7. The zero-order chi connectivity index (χ0) is 9.52. The van der Waals surface area contributed by atoms with Crippen molar-refractivity contribution in [2.75, 3.05) is 0 Å². The fraction of sp³-hybridized carbons (Fsp3) is 0. The first kappa shape index (κ1) is 9.21. The molecule has 0 aromatic heterocycles. The monoisotopic (exact) mass is 179 g/mol. The number of hydrogen-bond acceptors (Lipinski definition) is 3. The summed E-state index contributed by atoms with van der Waals surface area (Å²) >= 11 is 0. The summed E-state index contributed by atoms with van der Waals surface area (Å²) in [7, 11) is 0. The van der Waals surface area contributed by atoms with Gasteiger partial charge in [-0.1, -0.05) is 30.3 Å². The standard InChI is InChI=1S/C8H9N3O2/c12-8(11-13)10-9-6-7-4-2-1-3-5-7/h1-6,13H,(H2,10,11,12)/b9-6-. The smallest absolute Gasteiger partial charge is 0.287 e. The van der Waals surface area contributed by atoms with Crippen LogP contribution in [0.15, 0.2) is 35.4 Å². The van der Waals surface area contributed by atoms with Gasteiger partial charge in [0.25, 0.3) is 0 Å². The van der Waals surface area contributed by atoms with Crippen molar-refractivity contribution in [2.24, 2.45) is 5.10 Å². The second-order valence-electron chi connectivity index (χ2n) is 2.22. The van der Waals surface area contributed by atoms with Crippen LogP contribution in [0.3, 0.4) is 0 Å². The lowest BCUT2D eigenvalue weighted by atomic mass is 10.2. The van der Waals surface area contributed by atoms with Crippen LogP contribution < -0.4 is 10.9 Å². The van der Waals surface area contributed by atoms with E-state index >= 15 is 0 Å². The molecule has 0 aliphatic rings. The number of carbonyl (C=O) groups is 1. The van der Waals surface area contributed by atoms with E-state index in [1.807, 2.05) is 30.3 Å². The number of urea groups is 1. The van der Waals surface area contributed by atoms with Crippen molar-refractivity contribution >= 4 is 12.2 Å². The van der Waals surface area contributed by atoms with E-state index < -0.39 is 6.03 Å². The zero-order valence-electron chi connectivity index (χ0n) is 6.77. The Morgan fingerprint density at radius 1 is 1.38 bits per heavy atom. The van der Waals surface area contributed by atoms with Gasteiger partial charge in [0.05, 0.1) is 6.21 Å². The molecule has 5 nitrogen and oxygen atoms in total. The number of nitrogens with one attached hydrogen (secondary N) is 2. The molecule has 1 rings (SSSR count). The third-order valence-electron chi connectivity index (χ3n) is 1.28. The summed E-state index contributed by atoms with van der Waals surface area (Å²) in [5.74, 6) is 0. The van der Waals surface area contributed by atoms with Crippen LogP contribution in [-0.2, 0) is 0 Å². The number of benzene rings is 1. The van der Waals surface area contributed by atoms with Gasteiger partial charge in [-0.2, -0.15) is 5.10 Å². The molecule has 0 spiro atoms. The maximum Gasteiger partial charge on any atom is 0.358 e. The van der Waals surface area contributed by atoms with E-state index in [0.29, 0.717) is 0 Å². The predicted octanol–water partition coefficient (Wildman–Crippen LogP) is 0.709. The van der Waals surface area contributed by atoms with Crippen molar-refractivity contribution in [1.82, 2.24) is 10.9 Å². The molecule has 5 heteroatoms. The lowest BCUT2D eigenvalue weighted by Crippen LogP contribution is -2.29. The molecule has 2 amide bonds. The van der Waals surface area contributed by atoms with E-state index in [9.17, 15) is 4.79 Å². The van der Waals surface area contributed by atoms with Gasteiger partial charge in [-0.15, -0.1) is 0 Å². The van der Waals surface area contributed by atoms with Crippen LogP contribution in [0.2, 0.25) is 0 Å². The molecule has 0 fully saturated rings. The fourth-order valence-corrected chi connectivity index (χ4v) is 0.730. The van der Waals surface area contributed by atoms with Crippen LogP contribution in [0, 0.1) is 0 Å². The maximum absolute atomic E-state index is 10.4. The Kier molecular flexibility index (Phi) is 3.46. The number of hydroxylamine groups is 1. The number of rotatable bonds is 2. The van der Waals surface area contributed by atoms with Gasteiger partial charge in [0.15, 0.2) is 0 Å². The van der Waals surface area contributed by atoms with Crippen LogP contribution in [0.25, 0.3) is 0 Å². The van der Waals surface area contributed by atoms with E-state index in [4.69, 9.17) is 5.21 Å². The average Bonchev–Trinajstić information content (AvgIpc) is 2.19. The second-order valence-corrected chi connectivity index (χ2v) is 2.22. The molecular formula is C8H9N3O2. The number of hydrogen-bond donors (Lipinski definition) is 3. The number of amides is 2. The molecule has 1 aromatic rings. The Balaban J connectivity index is 2.45. The van der Waals surface area contributed by atoms with Crippen molar-refractivity contribution in [3.05, 3.63) is 35.9 Å². The average molecular weight is 179 g/mol. The molecule has 0 radical (unpaired) electrons. The highest BCUT2D eigenvalue weighted by Gasteiger charge is 1.90. The number of carbonyl (C=O) groups excluding carboxylic acids is 1. The van der Waals surface area contributed by atoms with E-state index in [2.05, 4.69) is 10.5 Å². The highest BCUT2D eigenvalue weighted by Crippen LogP contribution is 1.92. The molecule has 0 aliphatic heterocycles. The highest BCUT2D eigenvalue weighted by atomic mass is 16.5. The second kappa shape index (κ2) is 4.89. The van der Waals surface area contributed by atoms with Crippen LogP contribution in [-0.4, -0.2) is 17.5 Å². The van der Waals surface area contributed by atoms with Crippen molar-refractivity contribution < 1.29 is 10.0 Å². The Morgan fingerprint density at radius 2 is 2.08 bits per heavy atom. The molecule has 1 aromatic carbocycles. The minimum absolute atomic E-state index is 0.771. The summed E-state index contributed by atoms with van der Waals surface area (Å²) < 4.78 is 0. The summed E-state index contributed by atoms with van der Waals surface area (Å²) in [5.41, 5.74) is 4.30. The molecule has 0 bridgehead atoms. The largest absolute Gasteiger partial charge is 0.358 e. The van der Waals surface area contributed by atoms with E-state index in [1.54, 1.807) is 0 Å². The minimum atomic E-state index is -0.771. The molecule has 3 N–H and O–H groups in total. The normalized spacial score (nSPS) is 9.92. The van der Waals surface area contributed by atoms with Crippen molar-refractivity contribution in [3.63, 3.8) is 0 Å². The van der Waals surface area contributed by atoms with Gasteiger partial charge in [-0.25, -0.2) is 15.7 Å². The van der Waals surface area contributed by atoms with Crippen molar-refractivity contribution in [2.45, 2.75) is 0 Å². The molecule has 0 heterocycles. The molecule has 68 valence electrons. The zero-order valence-corrected chi connectivity index (χ0v) is 6.77. The van der Waals surface area contributed by atoms with Gasteiger partial charge in [0.2, 0.25) is 0 Å². The quantitative estimate of drug-likeness (QED) is 0.355. The lowest BCUT2D eigenvalue weighted by Gasteiger charge is -1.94. The van der Waals surface area contributed by atoms with Gasteiger partial charge in [0, 0.05) is 0 Å². The van der Waals surface area contributed by atoms with Crippen LogP contribution in [0.4, 0.5) is 4.79 Å². The van der Waals surface area contributed by atoms with Crippen LogP contribution >= 0.6 is 0 Å².